The van der Waals surface area contributed by atoms with E-state index in [1.165, 1.54) is 0 Å². The second-order valence-corrected chi connectivity index (χ2v) is 6.14. The van der Waals surface area contributed by atoms with Crippen LogP contribution in [0.3, 0.4) is 0 Å². The smallest absolute Gasteiger partial charge is 0.240 e. The predicted octanol–water partition coefficient (Wildman–Crippen LogP) is 0.627. The van der Waals surface area contributed by atoms with E-state index in [9.17, 15) is 9.59 Å². The molecule has 0 spiro atoms. The third-order valence-corrected chi connectivity index (χ3v) is 4.77. The largest absolute Gasteiger partial charge is 0.294 e. The lowest BCUT2D eigenvalue weighted by Gasteiger charge is -2.25. The number of rotatable bonds is 2. The Morgan fingerprint density at radius 2 is 1.56 bits per heavy atom. The molecule has 2 fully saturated rings. The van der Waals surface area contributed by atoms with Crippen LogP contribution in [0.5, 0.6) is 0 Å². The van der Waals surface area contributed by atoms with Crippen molar-refractivity contribution in [3.63, 3.8) is 0 Å². The molecule has 0 radical (unpaired) electrons. The molecule has 2 aliphatic rings. The zero-order chi connectivity index (χ0) is 12.1. The maximum absolute atomic E-state index is 11.2. The van der Waals surface area contributed by atoms with Crippen molar-refractivity contribution < 1.29 is 9.59 Å². The molecule has 1 saturated heterocycles. The van der Waals surface area contributed by atoms with Crippen molar-refractivity contribution in [2.45, 2.75) is 27.7 Å². The van der Waals surface area contributed by atoms with Gasteiger partial charge in [-0.1, -0.05) is 27.7 Å². The number of nitrogens with one attached hydrogen (secondary N) is 1. The van der Waals surface area contributed by atoms with E-state index in [0.29, 0.717) is 29.8 Å². The molecule has 0 aromatic carbocycles. The normalized spacial score (nSPS) is 29.0. The summed E-state index contributed by atoms with van der Waals surface area (Å²) in [6.45, 7) is 10.6. The average Bonchev–Trinajstić information content (AvgIpc) is 2.46. The second kappa shape index (κ2) is 3.29. The molecule has 1 heterocycles. The molecule has 1 aliphatic heterocycles. The van der Waals surface area contributed by atoms with E-state index in [1.54, 1.807) is 0 Å². The Kier molecular flexibility index (Phi) is 2.38. The third-order valence-electron chi connectivity index (χ3n) is 4.77. The van der Waals surface area contributed by atoms with Gasteiger partial charge in [0.15, 0.2) is 0 Å². The lowest BCUT2D eigenvalue weighted by atomic mass is 10.0. The first-order valence-electron chi connectivity index (χ1n) is 5.80. The molecule has 4 nitrogen and oxygen atoms in total. The molecule has 1 aliphatic carbocycles. The molecule has 2 rings (SSSR count). The Morgan fingerprint density at radius 3 is 1.94 bits per heavy atom. The van der Waals surface area contributed by atoms with Gasteiger partial charge in [0.05, 0.1) is 13.1 Å². The minimum atomic E-state index is -0.174. The summed E-state index contributed by atoms with van der Waals surface area (Å²) in [6.07, 6.45) is 0. The van der Waals surface area contributed by atoms with Gasteiger partial charge < -0.3 is 0 Å². The van der Waals surface area contributed by atoms with Crippen molar-refractivity contribution in [3.05, 3.63) is 0 Å². The highest BCUT2D eigenvalue weighted by molar-refractivity contribution is 5.99. The first-order chi connectivity index (χ1) is 7.25. The molecule has 2 amide bonds. The van der Waals surface area contributed by atoms with Gasteiger partial charge in [-0.15, -0.1) is 0 Å². The first kappa shape index (κ1) is 11.6. The predicted molar refractivity (Wildman–Crippen MR) is 60.6 cm³/mol. The minimum Gasteiger partial charge on any atom is -0.294 e. The van der Waals surface area contributed by atoms with Crippen LogP contribution in [0.25, 0.3) is 0 Å². The Hall–Kier alpha value is -0.900. The topological polar surface area (TPSA) is 49.4 Å². The van der Waals surface area contributed by atoms with E-state index in [4.69, 9.17) is 0 Å². The van der Waals surface area contributed by atoms with Crippen LogP contribution in [0.4, 0.5) is 0 Å². The van der Waals surface area contributed by atoms with Crippen LogP contribution in [-0.4, -0.2) is 36.3 Å². The van der Waals surface area contributed by atoms with Crippen LogP contribution in [-0.2, 0) is 9.59 Å². The first-order valence-corrected chi connectivity index (χ1v) is 5.80. The molecule has 0 aromatic heterocycles. The molecule has 1 N–H and O–H groups in total. The number of piperazine rings is 1. The summed E-state index contributed by atoms with van der Waals surface area (Å²) in [5.41, 5.74) is 0.619. The molecule has 0 unspecified atom stereocenters. The van der Waals surface area contributed by atoms with Crippen LogP contribution in [0.15, 0.2) is 0 Å². The van der Waals surface area contributed by atoms with Crippen LogP contribution >= 0.6 is 0 Å². The van der Waals surface area contributed by atoms with Crippen molar-refractivity contribution in [2.75, 3.05) is 19.6 Å². The lowest BCUT2D eigenvalue weighted by Crippen LogP contribution is -2.52. The molecule has 4 heteroatoms. The van der Waals surface area contributed by atoms with E-state index in [2.05, 4.69) is 33.0 Å². The molecular formula is C12H20N2O2. The highest BCUT2D eigenvalue weighted by atomic mass is 16.2. The molecule has 16 heavy (non-hydrogen) atoms. The van der Waals surface area contributed by atoms with Gasteiger partial charge in [-0.05, 0) is 16.7 Å². The van der Waals surface area contributed by atoms with Gasteiger partial charge in [0.2, 0.25) is 11.8 Å². The quantitative estimate of drug-likeness (QED) is 0.700. The standard InChI is InChI=1S/C12H20N2O2/c1-11(2)8(12(11,3)4)5-14-6-9(15)13-10(16)7-14/h8H,5-7H2,1-4H3,(H,13,15,16). The number of hydrogen-bond donors (Lipinski definition) is 1. The fourth-order valence-electron chi connectivity index (χ4n) is 2.87. The molecule has 0 aromatic rings. The van der Waals surface area contributed by atoms with Crippen LogP contribution in [0.1, 0.15) is 27.7 Å². The summed E-state index contributed by atoms with van der Waals surface area (Å²) in [5, 5.41) is 2.32. The van der Waals surface area contributed by atoms with Gasteiger partial charge in [0, 0.05) is 6.54 Å². The number of hydrogen-bond acceptors (Lipinski definition) is 3. The maximum atomic E-state index is 11.2. The summed E-state index contributed by atoms with van der Waals surface area (Å²) < 4.78 is 0. The van der Waals surface area contributed by atoms with Crippen molar-refractivity contribution in [2.24, 2.45) is 16.7 Å². The van der Waals surface area contributed by atoms with Crippen molar-refractivity contribution in [1.29, 1.82) is 0 Å². The SMILES string of the molecule is CC1(C)C(CN2CC(=O)NC(=O)C2)C1(C)C. The summed E-state index contributed by atoms with van der Waals surface area (Å²) in [7, 11) is 0. The van der Waals surface area contributed by atoms with Gasteiger partial charge in [-0.3, -0.25) is 19.8 Å². The van der Waals surface area contributed by atoms with Crippen LogP contribution in [0.2, 0.25) is 0 Å². The number of imide groups is 1. The van der Waals surface area contributed by atoms with E-state index < -0.39 is 0 Å². The minimum absolute atomic E-state index is 0.174. The van der Waals surface area contributed by atoms with E-state index >= 15 is 0 Å². The van der Waals surface area contributed by atoms with Crippen molar-refractivity contribution in [1.82, 2.24) is 10.2 Å². The zero-order valence-electron chi connectivity index (χ0n) is 10.5. The summed E-state index contributed by atoms with van der Waals surface area (Å²) in [6, 6.07) is 0. The zero-order valence-corrected chi connectivity index (χ0v) is 10.5. The van der Waals surface area contributed by atoms with Crippen molar-refractivity contribution >= 4 is 11.8 Å². The summed E-state index contributed by atoms with van der Waals surface area (Å²) in [5.74, 6) is 0.221. The number of nitrogens with zero attached hydrogens (tertiary/aromatic N) is 1. The maximum Gasteiger partial charge on any atom is 0.240 e. The number of carbonyl (C=O) groups is 2. The molecule has 0 bridgehead atoms. The second-order valence-electron chi connectivity index (χ2n) is 6.14. The summed E-state index contributed by atoms with van der Waals surface area (Å²) in [4.78, 5) is 24.4. The monoisotopic (exact) mass is 224 g/mol. The molecular weight excluding hydrogens is 204 g/mol. The lowest BCUT2D eigenvalue weighted by molar-refractivity contribution is -0.136. The van der Waals surface area contributed by atoms with Crippen LogP contribution in [0, 0.1) is 16.7 Å². The number of amides is 2. The number of carbonyl (C=O) groups excluding carboxylic acids is 2. The van der Waals surface area contributed by atoms with E-state index in [-0.39, 0.29) is 11.8 Å². The fraction of sp³-hybridized carbons (Fsp3) is 0.833. The Bertz CT molecular complexity index is 317. The Labute approximate surface area is 96.4 Å². The van der Waals surface area contributed by atoms with Crippen LogP contribution < -0.4 is 5.32 Å². The Balaban J connectivity index is 1.97. The Morgan fingerprint density at radius 1 is 1.12 bits per heavy atom. The van der Waals surface area contributed by atoms with Gasteiger partial charge in [0.25, 0.3) is 0 Å². The summed E-state index contributed by atoms with van der Waals surface area (Å²) >= 11 is 0. The van der Waals surface area contributed by atoms with Crippen molar-refractivity contribution in [3.8, 4) is 0 Å². The highest BCUT2D eigenvalue weighted by Gasteiger charge is 2.64. The molecule has 0 atom stereocenters. The highest BCUT2D eigenvalue weighted by Crippen LogP contribution is 2.68. The molecule has 90 valence electrons. The van der Waals surface area contributed by atoms with Gasteiger partial charge in [-0.2, -0.15) is 0 Å². The fourth-order valence-corrected chi connectivity index (χ4v) is 2.87. The van der Waals surface area contributed by atoms with E-state index in [1.807, 2.05) is 4.90 Å². The molecule has 1 saturated carbocycles. The van der Waals surface area contributed by atoms with Gasteiger partial charge >= 0.3 is 0 Å². The average molecular weight is 224 g/mol. The third kappa shape index (κ3) is 1.65. The van der Waals surface area contributed by atoms with E-state index in [0.717, 1.165) is 6.54 Å². The van der Waals surface area contributed by atoms with Gasteiger partial charge in [-0.25, -0.2) is 0 Å². The van der Waals surface area contributed by atoms with Gasteiger partial charge in [0.1, 0.15) is 0 Å².